The highest BCUT2D eigenvalue weighted by molar-refractivity contribution is 5.40. The van der Waals surface area contributed by atoms with E-state index in [1.807, 2.05) is 6.07 Å². The van der Waals surface area contributed by atoms with Crippen molar-refractivity contribution in [3.8, 4) is 0 Å². The Balaban J connectivity index is 1.93. The van der Waals surface area contributed by atoms with E-state index in [2.05, 4.69) is 43.9 Å². The molecule has 2 N–H and O–H groups in total. The fourth-order valence-corrected chi connectivity index (χ4v) is 3.13. The first kappa shape index (κ1) is 14.4. The van der Waals surface area contributed by atoms with Gasteiger partial charge in [0.15, 0.2) is 0 Å². The lowest BCUT2D eigenvalue weighted by Gasteiger charge is -2.29. The number of anilines is 1. The number of hydrogen-bond donors (Lipinski definition) is 1. The summed E-state index contributed by atoms with van der Waals surface area (Å²) in [7, 11) is 0. The molecule has 1 atom stereocenters. The predicted molar refractivity (Wildman–Crippen MR) is 82.9 cm³/mol. The minimum Gasteiger partial charge on any atom is -0.399 e. The number of benzene rings is 1. The minimum absolute atomic E-state index is 0.452. The smallest absolute Gasteiger partial charge is 0.0317 e. The van der Waals surface area contributed by atoms with Gasteiger partial charge in [0.2, 0.25) is 0 Å². The van der Waals surface area contributed by atoms with Crippen molar-refractivity contribution in [2.24, 2.45) is 11.3 Å². The van der Waals surface area contributed by atoms with E-state index in [4.69, 9.17) is 5.73 Å². The third kappa shape index (κ3) is 4.24. The maximum absolute atomic E-state index is 5.86. The maximum Gasteiger partial charge on any atom is 0.0317 e. The van der Waals surface area contributed by atoms with E-state index in [9.17, 15) is 0 Å². The van der Waals surface area contributed by atoms with Crippen LogP contribution in [0.1, 0.15) is 45.6 Å². The van der Waals surface area contributed by atoms with Crippen molar-refractivity contribution >= 4 is 5.69 Å². The van der Waals surface area contributed by atoms with Crippen LogP contribution in [-0.2, 0) is 6.54 Å². The summed E-state index contributed by atoms with van der Waals surface area (Å²) >= 11 is 0. The van der Waals surface area contributed by atoms with Crippen LogP contribution in [0, 0.1) is 11.3 Å². The zero-order valence-electron chi connectivity index (χ0n) is 12.7. The third-order valence-electron chi connectivity index (χ3n) is 4.40. The zero-order chi connectivity index (χ0) is 13.9. The lowest BCUT2D eigenvalue weighted by atomic mass is 9.77. The van der Waals surface area contributed by atoms with Gasteiger partial charge in [0, 0.05) is 12.2 Å². The second-order valence-corrected chi connectivity index (χ2v) is 7.02. The van der Waals surface area contributed by atoms with E-state index < -0.39 is 0 Å². The highest BCUT2D eigenvalue weighted by Crippen LogP contribution is 2.34. The lowest BCUT2D eigenvalue weighted by molar-refractivity contribution is 0.206. The van der Waals surface area contributed by atoms with Gasteiger partial charge in [-0.1, -0.05) is 32.9 Å². The molecule has 106 valence electrons. The van der Waals surface area contributed by atoms with Crippen LogP contribution in [0.5, 0.6) is 0 Å². The van der Waals surface area contributed by atoms with Gasteiger partial charge in [0.25, 0.3) is 0 Å². The first-order valence-corrected chi connectivity index (χ1v) is 7.52. The molecule has 1 aromatic carbocycles. The number of nitrogen functional groups attached to an aromatic ring is 1. The van der Waals surface area contributed by atoms with Gasteiger partial charge in [-0.05, 0) is 61.4 Å². The summed E-state index contributed by atoms with van der Waals surface area (Å²) in [6.45, 7) is 10.6. The number of nitrogens with two attached hydrogens (primary N) is 1. The number of nitrogens with zero attached hydrogens (tertiary/aromatic N) is 1. The Hall–Kier alpha value is -1.02. The van der Waals surface area contributed by atoms with Crippen LogP contribution in [0.2, 0.25) is 0 Å². The standard InChI is InChI=1S/C17H28N2/c1-17(2,3)15-7-5-10-19(11-9-15)13-14-6-4-8-16(18)12-14/h4,6,8,12,15H,5,7,9-11,13,18H2,1-3H3. The van der Waals surface area contributed by atoms with Gasteiger partial charge >= 0.3 is 0 Å². The normalized spacial score (nSPS) is 22.2. The molecule has 1 heterocycles. The monoisotopic (exact) mass is 260 g/mol. The quantitative estimate of drug-likeness (QED) is 0.817. The van der Waals surface area contributed by atoms with Crippen molar-refractivity contribution in [1.82, 2.24) is 4.90 Å². The van der Waals surface area contributed by atoms with Crippen LogP contribution in [0.25, 0.3) is 0 Å². The molecular formula is C17H28N2. The molecule has 0 amide bonds. The van der Waals surface area contributed by atoms with Crippen molar-refractivity contribution in [2.45, 2.75) is 46.6 Å². The van der Waals surface area contributed by atoms with Crippen LogP contribution in [-0.4, -0.2) is 18.0 Å². The van der Waals surface area contributed by atoms with Gasteiger partial charge in [0.1, 0.15) is 0 Å². The second-order valence-electron chi connectivity index (χ2n) is 7.02. The van der Waals surface area contributed by atoms with Crippen LogP contribution in [0.4, 0.5) is 5.69 Å². The van der Waals surface area contributed by atoms with E-state index >= 15 is 0 Å². The van der Waals surface area contributed by atoms with E-state index in [0.717, 1.165) is 18.2 Å². The van der Waals surface area contributed by atoms with E-state index in [1.54, 1.807) is 0 Å². The molecule has 1 aliphatic heterocycles. The summed E-state index contributed by atoms with van der Waals surface area (Å²) in [4.78, 5) is 2.58. The summed E-state index contributed by atoms with van der Waals surface area (Å²) in [5, 5.41) is 0. The molecule has 0 bridgehead atoms. The Morgan fingerprint density at radius 2 is 2.00 bits per heavy atom. The van der Waals surface area contributed by atoms with Crippen molar-refractivity contribution in [3.63, 3.8) is 0 Å². The Morgan fingerprint density at radius 3 is 2.68 bits per heavy atom. The third-order valence-corrected chi connectivity index (χ3v) is 4.40. The van der Waals surface area contributed by atoms with Gasteiger partial charge in [0.05, 0.1) is 0 Å². The molecule has 0 spiro atoms. The molecule has 0 aromatic heterocycles. The number of rotatable bonds is 2. The summed E-state index contributed by atoms with van der Waals surface area (Å²) in [6, 6.07) is 8.30. The predicted octanol–water partition coefficient (Wildman–Crippen LogP) is 3.92. The van der Waals surface area contributed by atoms with Gasteiger partial charge in [-0.15, -0.1) is 0 Å². The highest BCUT2D eigenvalue weighted by atomic mass is 15.1. The Labute approximate surface area is 118 Å². The highest BCUT2D eigenvalue weighted by Gasteiger charge is 2.26. The second kappa shape index (κ2) is 5.96. The molecule has 1 saturated heterocycles. The largest absolute Gasteiger partial charge is 0.399 e. The molecule has 19 heavy (non-hydrogen) atoms. The van der Waals surface area contributed by atoms with E-state index in [-0.39, 0.29) is 0 Å². The Morgan fingerprint density at radius 1 is 1.21 bits per heavy atom. The molecule has 0 saturated carbocycles. The van der Waals surface area contributed by atoms with Crippen LogP contribution in [0.15, 0.2) is 24.3 Å². The fraction of sp³-hybridized carbons (Fsp3) is 0.647. The molecule has 2 rings (SSSR count). The van der Waals surface area contributed by atoms with Crippen molar-refractivity contribution in [3.05, 3.63) is 29.8 Å². The molecule has 1 aromatic rings. The van der Waals surface area contributed by atoms with E-state index in [1.165, 1.54) is 37.9 Å². The van der Waals surface area contributed by atoms with Gasteiger partial charge in [-0.3, -0.25) is 4.90 Å². The molecule has 1 fully saturated rings. The van der Waals surface area contributed by atoms with Crippen LogP contribution in [0.3, 0.4) is 0 Å². The molecule has 2 heteroatoms. The Bertz CT molecular complexity index is 406. The van der Waals surface area contributed by atoms with Gasteiger partial charge in [-0.2, -0.15) is 0 Å². The van der Waals surface area contributed by atoms with Crippen molar-refractivity contribution in [1.29, 1.82) is 0 Å². The van der Waals surface area contributed by atoms with Crippen LogP contribution < -0.4 is 5.73 Å². The van der Waals surface area contributed by atoms with Gasteiger partial charge in [-0.25, -0.2) is 0 Å². The molecule has 1 unspecified atom stereocenters. The maximum atomic E-state index is 5.86. The first-order valence-electron chi connectivity index (χ1n) is 7.52. The van der Waals surface area contributed by atoms with E-state index in [0.29, 0.717) is 5.41 Å². The van der Waals surface area contributed by atoms with Crippen LogP contribution >= 0.6 is 0 Å². The van der Waals surface area contributed by atoms with Crippen molar-refractivity contribution < 1.29 is 0 Å². The fourth-order valence-electron chi connectivity index (χ4n) is 3.13. The van der Waals surface area contributed by atoms with Gasteiger partial charge < -0.3 is 5.73 Å². The molecule has 0 radical (unpaired) electrons. The summed E-state index contributed by atoms with van der Waals surface area (Å²) < 4.78 is 0. The summed E-state index contributed by atoms with van der Waals surface area (Å²) in [5.74, 6) is 0.860. The summed E-state index contributed by atoms with van der Waals surface area (Å²) in [6.07, 6.45) is 4.02. The average Bonchev–Trinajstić information content (AvgIpc) is 2.54. The van der Waals surface area contributed by atoms with Crippen molar-refractivity contribution in [2.75, 3.05) is 18.8 Å². The topological polar surface area (TPSA) is 29.3 Å². The lowest BCUT2D eigenvalue weighted by Crippen LogP contribution is -2.26. The molecule has 2 nitrogen and oxygen atoms in total. The SMILES string of the molecule is CC(C)(C)C1CCCN(Cc2cccc(N)c2)CC1. The minimum atomic E-state index is 0.452. The number of hydrogen-bond acceptors (Lipinski definition) is 2. The molecular weight excluding hydrogens is 232 g/mol. The Kier molecular flexibility index (Phi) is 4.51. The summed E-state index contributed by atoms with van der Waals surface area (Å²) in [5.41, 5.74) is 8.52. The average molecular weight is 260 g/mol. The number of likely N-dealkylation sites (tertiary alicyclic amines) is 1. The molecule has 1 aliphatic rings. The molecule has 0 aliphatic carbocycles. The first-order chi connectivity index (χ1) is 8.95. The zero-order valence-corrected chi connectivity index (χ0v) is 12.7.